The summed E-state index contributed by atoms with van der Waals surface area (Å²) in [5.74, 6) is 1.09. The number of amides is 1. The molecule has 1 aliphatic rings. The van der Waals surface area contributed by atoms with Crippen LogP contribution in [0.5, 0.6) is 0 Å². The van der Waals surface area contributed by atoms with Crippen molar-refractivity contribution in [3.05, 3.63) is 17.5 Å². The lowest BCUT2D eigenvalue weighted by molar-refractivity contribution is -0.134. The van der Waals surface area contributed by atoms with Gasteiger partial charge in [-0.25, -0.2) is 0 Å². The molecular weight excluding hydrogens is 268 g/mol. The molecular formula is C15H26N4O2. The number of carbonyl (C=O) groups excluding carboxylic acids is 1. The fourth-order valence-electron chi connectivity index (χ4n) is 2.62. The highest BCUT2D eigenvalue weighted by Crippen LogP contribution is 2.09. The maximum absolute atomic E-state index is 12.2. The monoisotopic (exact) mass is 294 g/mol. The Morgan fingerprint density at radius 2 is 1.95 bits per heavy atom. The summed E-state index contributed by atoms with van der Waals surface area (Å²) < 4.78 is 5.09. The normalized spacial score (nSPS) is 16.7. The average molecular weight is 294 g/mol. The Bertz CT molecular complexity index is 448. The molecule has 2 rings (SSSR count). The molecule has 1 aromatic rings. The Kier molecular flexibility index (Phi) is 5.76. The highest BCUT2D eigenvalue weighted by atomic mass is 16.5. The summed E-state index contributed by atoms with van der Waals surface area (Å²) in [6.45, 7) is 12.7. The van der Waals surface area contributed by atoms with Crippen LogP contribution in [-0.2, 0) is 11.3 Å². The van der Waals surface area contributed by atoms with E-state index in [0.29, 0.717) is 6.54 Å². The Balaban J connectivity index is 1.76. The molecule has 0 spiro atoms. The van der Waals surface area contributed by atoms with Crippen LogP contribution in [0.2, 0.25) is 0 Å². The van der Waals surface area contributed by atoms with Gasteiger partial charge in [0.25, 0.3) is 0 Å². The topological polar surface area (TPSA) is 52.8 Å². The summed E-state index contributed by atoms with van der Waals surface area (Å²) in [7, 11) is 0. The van der Waals surface area contributed by atoms with Crippen LogP contribution in [0.4, 0.5) is 0 Å². The first-order valence-corrected chi connectivity index (χ1v) is 7.77. The number of aryl methyl sites for hydroxylation is 1. The summed E-state index contributed by atoms with van der Waals surface area (Å²) >= 11 is 0. The number of piperazine rings is 1. The van der Waals surface area contributed by atoms with Gasteiger partial charge in [-0.1, -0.05) is 19.0 Å². The van der Waals surface area contributed by atoms with Crippen LogP contribution in [0.25, 0.3) is 0 Å². The summed E-state index contributed by atoms with van der Waals surface area (Å²) in [6, 6.07) is 1.97. The maximum atomic E-state index is 12.2. The van der Waals surface area contributed by atoms with E-state index in [0.717, 1.165) is 57.3 Å². The number of likely N-dealkylation sites (N-methyl/N-ethyl adjacent to an activating group) is 1. The third kappa shape index (κ3) is 4.54. The van der Waals surface area contributed by atoms with Crippen LogP contribution in [-0.4, -0.2) is 71.6 Å². The lowest BCUT2D eigenvalue weighted by atomic mass is 10.2. The molecule has 2 heterocycles. The summed E-state index contributed by atoms with van der Waals surface area (Å²) in [4.78, 5) is 18.7. The number of carbonyl (C=O) groups is 1. The van der Waals surface area contributed by atoms with Gasteiger partial charge in [0.05, 0.1) is 12.2 Å². The first-order chi connectivity index (χ1) is 10.1. The Morgan fingerprint density at radius 1 is 1.29 bits per heavy atom. The Morgan fingerprint density at radius 3 is 2.48 bits per heavy atom. The maximum Gasteiger partial charge on any atom is 0.236 e. The van der Waals surface area contributed by atoms with Gasteiger partial charge in [0.15, 0.2) is 0 Å². The van der Waals surface area contributed by atoms with E-state index in [9.17, 15) is 4.79 Å². The standard InChI is InChI=1S/C15H26N4O2/c1-4-17(5-2)12-15(20)19-8-6-18(7-9-19)11-14-10-13(3)21-16-14/h10H,4-9,11-12H2,1-3H3. The van der Waals surface area contributed by atoms with Crippen molar-refractivity contribution >= 4 is 5.91 Å². The van der Waals surface area contributed by atoms with Gasteiger partial charge in [0.1, 0.15) is 5.76 Å². The molecule has 0 aliphatic carbocycles. The summed E-state index contributed by atoms with van der Waals surface area (Å²) in [5, 5.41) is 4.02. The van der Waals surface area contributed by atoms with Crippen LogP contribution in [0.1, 0.15) is 25.3 Å². The van der Waals surface area contributed by atoms with Crippen molar-refractivity contribution in [2.45, 2.75) is 27.3 Å². The molecule has 0 saturated carbocycles. The molecule has 0 N–H and O–H groups in total. The molecule has 1 aromatic heterocycles. The van der Waals surface area contributed by atoms with E-state index in [4.69, 9.17) is 4.52 Å². The summed E-state index contributed by atoms with van der Waals surface area (Å²) in [6.07, 6.45) is 0. The predicted molar refractivity (Wildman–Crippen MR) is 80.9 cm³/mol. The number of aromatic nitrogens is 1. The number of nitrogens with zero attached hydrogens (tertiary/aromatic N) is 4. The van der Waals surface area contributed by atoms with Crippen molar-refractivity contribution in [1.82, 2.24) is 19.9 Å². The zero-order chi connectivity index (χ0) is 15.2. The molecule has 118 valence electrons. The number of hydrogen-bond donors (Lipinski definition) is 0. The van der Waals surface area contributed by atoms with Crippen molar-refractivity contribution in [3.8, 4) is 0 Å². The fraction of sp³-hybridized carbons (Fsp3) is 0.733. The van der Waals surface area contributed by atoms with Crippen LogP contribution >= 0.6 is 0 Å². The fourth-order valence-corrected chi connectivity index (χ4v) is 2.62. The molecule has 6 heteroatoms. The van der Waals surface area contributed by atoms with Gasteiger partial charge in [-0.15, -0.1) is 0 Å². The van der Waals surface area contributed by atoms with Gasteiger partial charge >= 0.3 is 0 Å². The van der Waals surface area contributed by atoms with E-state index >= 15 is 0 Å². The predicted octanol–water partition coefficient (Wildman–Crippen LogP) is 0.969. The molecule has 0 atom stereocenters. The Hall–Kier alpha value is -1.40. The lowest BCUT2D eigenvalue weighted by Gasteiger charge is -2.35. The van der Waals surface area contributed by atoms with E-state index in [2.05, 4.69) is 28.8 Å². The first-order valence-electron chi connectivity index (χ1n) is 7.77. The molecule has 0 bridgehead atoms. The van der Waals surface area contributed by atoms with Crippen molar-refractivity contribution in [2.75, 3.05) is 45.8 Å². The van der Waals surface area contributed by atoms with E-state index in [1.807, 2.05) is 17.9 Å². The third-order valence-corrected chi connectivity index (χ3v) is 4.04. The third-order valence-electron chi connectivity index (χ3n) is 4.04. The zero-order valence-corrected chi connectivity index (χ0v) is 13.3. The van der Waals surface area contributed by atoms with E-state index in [1.54, 1.807) is 0 Å². The minimum absolute atomic E-state index is 0.246. The van der Waals surface area contributed by atoms with Crippen LogP contribution in [0, 0.1) is 6.92 Å². The molecule has 1 aliphatic heterocycles. The molecule has 0 radical (unpaired) electrons. The zero-order valence-electron chi connectivity index (χ0n) is 13.3. The van der Waals surface area contributed by atoms with Gasteiger partial charge in [-0.3, -0.25) is 14.6 Å². The molecule has 0 aromatic carbocycles. The highest BCUT2D eigenvalue weighted by molar-refractivity contribution is 5.78. The second-order valence-electron chi connectivity index (χ2n) is 5.55. The second-order valence-corrected chi connectivity index (χ2v) is 5.55. The molecule has 6 nitrogen and oxygen atoms in total. The van der Waals surface area contributed by atoms with Gasteiger partial charge < -0.3 is 9.42 Å². The second kappa shape index (κ2) is 7.56. The van der Waals surface area contributed by atoms with E-state index in [1.165, 1.54) is 0 Å². The Labute approximate surface area is 126 Å². The largest absolute Gasteiger partial charge is 0.361 e. The van der Waals surface area contributed by atoms with Crippen LogP contribution in [0.15, 0.2) is 10.6 Å². The van der Waals surface area contributed by atoms with E-state index < -0.39 is 0 Å². The highest BCUT2D eigenvalue weighted by Gasteiger charge is 2.22. The van der Waals surface area contributed by atoms with Crippen molar-refractivity contribution in [3.63, 3.8) is 0 Å². The SMILES string of the molecule is CCN(CC)CC(=O)N1CCN(Cc2cc(C)on2)CC1. The van der Waals surface area contributed by atoms with Crippen LogP contribution < -0.4 is 0 Å². The summed E-state index contributed by atoms with van der Waals surface area (Å²) in [5.41, 5.74) is 0.968. The van der Waals surface area contributed by atoms with Gasteiger partial charge in [0, 0.05) is 38.8 Å². The lowest BCUT2D eigenvalue weighted by Crippen LogP contribution is -2.50. The van der Waals surface area contributed by atoms with Crippen LogP contribution in [0.3, 0.4) is 0 Å². The molecule has 1 fully saturated rings. The minimum atomic E-state index is 0.246. The molecule has 1 saturated heterocycles. The first kappa shape index (κ1) is 16.0. The smallest absolute Gasteiger partial charge is 0.236 e. The van der Waals surface area contributed by atoms with Crippen molar-refractivity contribution < 1.29 is 9.32 Å². The van der Waals surface area contributed by atoms with Gasteiger partial charge in [-0.05, 0) is 20.0 Å². The van der Waals surface area contributed by atoms with Crippen molar-refractivity contribution in [1.29, 1.82) is 0 Å². The average Bonchev–Trinajstić information content (AvgIpc) is 2.90. The van der Waals surface area contributed by atoms with Crippen molar-refractivity contribution in [2.24, 2.45) is 0 Å². The number of hydrogen-bond acceptors (Lipinski definition) is 5. The minimum Gasteiger partial charge on any atom is -0.361 e. The molecule has 21 heavy (non-hydrogen) atoms. The van der Waals surface area contributed by atoms with Gasteiger partial charge in [-0.2, -0.15) is 0 Å². The number of rotatable bonds is 6. The quantitative estimate of drug-likeness (QED) is 0.782. The van der Waals surface area contributed by atoms with E-state index in [-0.39, 0.29) is 5.91 Å². The van der Waals surface area contributed by atoms with Gasteiger partial charge in [0.2, 0.25) is 5.91 Å². The molecule has 1 amide bonds. The molecule has 0 unspecified atom stereocenters.